The molecule has 0 amide bonds. The Balaban J connectivity index is 2.12. The lowest BCUT2D eigenvalue weighted by molar-refractivity contribution is 0.00408. The number of halogens is 1. The highest BCUT2D eigenvalue weighted by Crippen LogP contribution is 2.29. The van der Waals surface area contributed by atoms with E-state index in [-0.39, 0.29) is 11.6 Å². The molecule has 0 bridgehead atoms. The Bertz CT molecular complexity index is 405. The van der Waals surface area contributed by atoms with Gasteiger partial charge in [-0.2, -0.15) is 0 Å². The maximum absolute atomic E-state index is 5.96. The van der Waals surface area contributed by atoms with Crippen molar-refractivity contribution in [1.82, 2.24) is 4.90 Å². The molecule has 0 N–H and O–H groups in total. The molecular weight excluding hydrogens is 290 g/mol. The summed E-state index contributed by atoms with van der Waals surface area (Å²) in [7, 11) is 2.17. The van der Waals surface area contributed by atoms with Crippen LogP contribution in [0.1, 0.15) is 31.1 Å². The first kappa shape index (κ1) is 14.0. The van der Waals surface area contributed by atoms with Gasteiger partial charge in [-0.15, -0.1) is 0 Å². The van der Waals surface area contributed by atoms with Crippen LogP contribution >= 0.6 is 15.9 Å². The number of ether oxygens (including phenoxy) is 1. The maximum Gasteiger partial charge on any atom is 0.0954 e. The number of likely N-dealkylation sites (N-methyl/N-ethyl adjacent to an activating group) is 1. The second-order valence-electron chi connectivity index (χ2n) is 5.63. The van der Waals surface area contributed by atoms with E-state index in [4.69, 9.17) is 4.74 Å². The zero-order valence-corrected chi connectivity index (χ0v) is 13.0. The fourth-order valence-corrected chi connectivity index (χ4v) is 2.65. The van der Waals surface area contributed by atoms with Crippen LogP contribution in [0.25, 0.3) is 0 Å². The first-order valence-corrected chi connectivity index (χ1v) is 7.63. The van der Waals surface area contributed by atoms with Crippen LogP contribution in [0.4, 0.5) is 0 Å². The monoisotopic (exact) mass is 311 g/mol. The number of hydrogen-bond acceptors (Lipinski definition) is 2. The Morgan fingerprint density at radius 3 is 2.83 bits per heavy atom. The SMILES string of the molecule is CN(CC1OCCc2ccccc21)C(C)(C)CBr. The summed E-state index contributed by atoms with van der Waals surface area (Å²) < 4.78 is 5.96. The topological polar surface area (TPSA) is 12.5 Å². The van der Waals surface area contributed by atoms with Crippen molar-refractivity contribution in [3.63, 3.8) is 0 Å². The van der Waals surface area contributed by atoms with Crippen molar-refractivity contribution >= 4 is 15.9 Å². The van der Waals surface area contributed by atoms with Crippen LogP contribution in [0, 0.1) is 0 Å². The van der Waals surface area contributed by atoms with Crippen LogP contribution in [0.3, 0.4) is 0 Å². The average molecular weight is 312 g/mol. The fraction of sp³-hybridized carbons (Fsp3) is 0.600. The summed E-state index contributed by atoms with van der Waals surface area (Å²) in [6.45, 7) is 6.27. The van der Waals surface area contributed by atoms with Gasteiger partial charge in [-0.1, -0.05) is 40.2 Å². The van der Waals surface area contributed by atoms with Crippen LogP contribution < -0.4 is 0 Å². The molecule has 100 valence electrons. The standard InChI is InChI=1S/C15H22BrNO/c1-15(2,11-16)17(3)10-14-13-7-5-4-6-12(13)8-9-18-14/h4-7,14H,8-11H2,1-3H3. The predicted octanol–water partition coefficient (Wildman–Crippen LogP) is 3.41. The molecule has 2 rings (SSSR count). The summed E-state index contributed by atoms with van der Waals surface area (Å²) in [6.07, 6.45) is 1.25. The summed E-state index contributed by atoms with van der Waals surface area (Å²) in [5.41, 5.74) is 2.95. The molecule has 3 heteroatoms. The molecule has 1 atom stereocenters. The van der Waals surface area contributed by atoms with E-state index < -0.39 is 0 Å². The van der Waals surface area contributed by atoms with Crippen molar-refractivity contribution in [1.29, 1.82) is 0 Å². The zero-order valence-electron chi connectivity index (χ0n) is 11.4. The van der Waals surface area contributed by atoms with Crippen molar-refractivity contribution in [3.05, 3.63) is 35.4 Å². The predicted molar refractivity (Wildman–Crippen MR) is 79.3 cm³/mol. The minimum absolute atomic E-state index is 0.149. The van der Waals surface area contributed by atoms with Gasteiger partial charge in [-0.3, -0.25) is 4.90 Å². The van der Waals surface area contributed by atoms with Crippen LogP contribution in [-0.4, -0.2) is 36.0 Å². The number of hydrogen-bond donors (Lipinski definition) is 0. The Morgan fingerprint density at radius 1 is 1.39 bits per heavy atom. The Labute approximate surface area is 118 Å². The third-order valence-corrected chi connectivity index (χ3v) is 5.26. The summed E-state index contributed by atoms with van der Waals surface area (Å²) in [5, 5.41) is 0.963. The molecule has 0 spiro atoms. The molecule has 0 saturated carbocycles. The smallest absolute Gasteiger partial charge is 0.0954 e. The molecule has 1 aliphatic heterocycles. The van der Waals surface area contributed by atoms with Crippen LogP contribution in [0.5, 0.6) is 0 Å². The zero-order chi connectivity index (χ0) is 13.2. The minimum atomic E-state index is 0.149. The molecule has 1 aliphatic rings. The van der Waals surface area contributed by atoms with Gasteiger partial charge in [0, 0.05) is 17.4 Å². The van der Waals surface area contributed by atoms with Gasteiger partial charge in [-0.05, 0) is 38.4 Å². The first-order valence-electron chi connectivity index (χ1n) is 6.51. The van der Waals surface area contributed by atoms with Gasteiger partial charge in [0.2, 0.25) is 0 Å². The molecule has 0 saturated heterocycles. The number of rotatable bonds is 4. The lowest BCUT2D eigenvalue weighted by Gasteiger charge is -2.38. The normalized spacial score (nSPS) is 19.9. The maximum atomic E-state index is 5.96. The van der Waals surface area contributed by atoms with Gasteiger partial charge in [-0.25, -0.2) is 0 Å². The van der Waals surface area contributed by atoms with E-state index in [1.807, 2.05) is 0 Å². The minimum Gasteiger partial charge on any atom is -0.372 e. The van der Waals surface area contributed by atoms with E-state index in [9.17, 15) is 0 Å². The van der Waals surface area contributed by atoms with Gasteiger partial charge in [0.05, 0.1) is 12.7 Å². The van der Waals surface area contributed by atoms with E-state index in [0.29, 0.717) is 0 Å². The molecule has 0 fully saturated rings. The quantitative estimate of drug-likeness (QED) is 0.790. The summed E-state index contributed by atoms with van der Waals surface area (Å²) in [5.74, 6) is 0. The van der Waals surface area contributed by atoms with Gasteiger partial charge >= 0.3 is 0 Å². The Kier molecular flexibility index (Phi) is 4.46. The van der Waals surface area contributed by atoms with Crippen molar-refractivity contribution in [2.75, 3.05) is 25.5 Å². The van der Waals surface area contributed by atoms with E-state index >= 15 is 0 Å². The molecule has 1 heterocycles. The van der Waals surface area contributed by atoms with E-state index in [2.05, 4.69) is 66.0 Å². The summed E-state index contributed by atoms with van der Waals surface area (Å²) >= 11 is 3.59. The molecule has 0 radical (unpaired) electrons. The average Bonchev–Trinajstić information content (AvgIpc) is 2.39. The highest BCUT2D eigenvalue weighted by molar-refractivity contribution is 9.09. The van der Waals surface area contributed by atoms with Gasteiger partial charge in [0.25, 0.3) is 0 Å². The fourth-order valence-electron chi connectivity index (χ4n) is 2.23. The number of alkyl halides is 1. The van der Waals surface area contributed by atoms with Crippen LogP contribution in [0.2, 0.25) is 0 Å². The third-order valence-electron chi connectivity index (χ3n) is 3.89. The number of fused-ring (bicyclic) bond motifs is 1. The summed E-state index contributed by atoms with van der Waals surface area (Å²) in [6, 6.07) is 8.65. The van der Waals surface area contributed by atoms with Crippen LogP contribution in [-0.2, 0) is 11.2 Å². The molecule has 2 nitrogen and oxygen atoms in total. The lowest BCUT2D eigenvalue weighted by Crippen LogP contribution is -2.45. The molecule has 0 aliphatic carbocycles. The number of nitrogens with zero attached hydrogens (tertiary/aromatic N) is 1. The molecule has 1 aromatic carbocycles. The van der Waals surface area contributed by atoms with Crippen molar-refractivity contribution in [2.24, 2.45) is 0 Å². The molecular formula is C15H22BrNO. The van der Waals surface area contributed by atoms with Gasteiger partial charge in [0.1, 0.15) is 0 Å². The Hall–Kier alpha value is -0.380. The highest BCUT2D eigenvalue weighted by Gasteiger charge is 2.28. The summed E-state index contributed by atoms with van der Waals surface area (Å²) in [4.78, 5) is 2.37. The van der Waals surface area contributed by atoms with Crippen molar-refractivity contribution in [3.8, 4) is 0 Å². The van der Waals surface area contributed by atoms with Gasteiger partial charge in [0.15, 0.2) is 0 Å². The van der Waals surface area contributed by atoms with Crippen molar-refractivity contribution in [2.45, 2.75) is 31.9 Å². The second kappa shape index (κ2) is 5.72. The van der Waals surface area contributed by atoms with Crippen molar-refractivity contribution < 1.29 is 4.74 Å². The lowest BCUT2D eigenvalue weighted by atomic mass is 9.96. The highest BCUT2D eigenvalue weighted by atomic mass is 79.9. The Morgan fingerprint density at radius 2 is 2.11 bits per heavy atom. The molecule has 1 unspecified atom stereocenters. The first-order chi connectivity index (χ1) is 8.54. The van der Waals surface area contributed by atoms with E-state index in [0.717, 1.165) is 24.9 Å². The van der Waals surface area contributed by atoms with Crippen LogP contribution in [0.15, 0.2) is 24.3 Å². The van der Waals surface area contributed by atoms with Gasteiger partial charge < -0.3 is 4.74 Å². The molecule has 0 aromatic heterocycles. The number of benzene rings is 1. The van der Waals surface area contributed by atoms with E-state index in [1.54, 1.807) is 0 Å². The molecule has 18 heavy (non-hydrogen) atoms. The second-order valence-corrected chi connectivity index (χ2v) is 6.20. The third kappa shape index (κ3) is 2.95. The molecule has 1 aromatic rings. The largest absolute Gasteiger partial charge is 0.372 e. The van der Waals surface area contributed by atoms with E-state index in [1.165, 1.54) is 11.1 Å².